The second-order valence-corrected chi connectivity index (χ2v) is 5.55. The summed E-state index contributed by atoms with van der Waals surface area (Å²) < 4.78 is 5.38. The molecule has 0 saturated carbocycles. The van der Waals surface area contributed by atoms with Gasteiger partial charge < -0.3 is 9.84 Å². The van der Waals surface area contributed by atoms with Crippen molar-refractivity contribution in [2.24, 2.45) is 0 Å². The lowest BCUT2D eigenvalue weighted by atomic mass is 9.96. The van der Waals surface area contributed by atoms with Gasteiger partial charge in [-0.25, -0.2) is 4.98 Å². The Morgan fingerprint density at radius 1 is 1.44 bits per heavy atom. The number of aromatic nitrogens is 1. The number of aliphatic hydroxyl groups is 1. The van der Waals surface area contributed by atoms with Crippen molar-refractivity contribution in [2.75, 3.05) is 19.8 Å². The molecule has 1 saturated heterocycles. The molecule has 3 nitrogen and oxygen atoms in total. The van der Waals surface area contributed by atoms with Crippen molar-refractivity contribution in [3.05, 3.63) is 15.6 Å². The Morgan fingerprint density at radius 3 is 2.88 bits per heavy atom. The molecular formula is C12H19NO2S. The zero-order chi connectivity index (χ0) is 11.4. The van der Waals surface area contributed by atoms with Crippen LogP contribution in [0.5, 0.6) is 0 Å². The van der Waals surface area contributed by atoms with Crippen LogP contribution in [0.3, 0.4) is 0 Å². The van der Waals surface area contributed by atoms with Gasteiger partial charge in [-0.1, -0.05) is 0 Å². The summed E-state index contributed by atoms with van der Waals surface area (Å²) >= 11 is 1.78. The number of aryl methyl sites for hydroxylation is 2. The number of hydrogen-bond donors (Lipinski definition) is 1. The third-order valence-corrected chi connectivity index (χ3v) is 4.08. The topological polar surface area (TPSA) is 42.4 Å². The number of thiazole rings is 1. The molecule has 1 N–H and O–H groups in total. The second-order valence-electron chi connectivity index (χ2n) is 4.26. The fraction of sp³-hybridized carbons (Fsp3) is 0.750. The highest BCUT2D eigenvalue weighted by molar-refractivity contribution is 7.11. The summed E-state index contributed by atoms with van der Waals surface area (Å²) in [4.78, 5) is 6.07. The fourth-order valence-corrected chi connectivity index (χ4v) is 3.21. The van der Waals surface area contributed by atoms with E-state index in [0.717, 1.165) is 38.9 Å². The van der Waals surface area contributed by atoms with Crippen molar-refractivity contribution in [3.8, 4) is 0 Å². The van der Waals surface area contributed by atoms with E-state index < -0.39 is 0 Å². The van der Waals surface area contributed by atoms with Crippen LogP contribution in [0.1, 0.15) is 40.8 Å². The number of aliphatic hydroxyl groups excluding tert-OH is 1. The van der Waals surface area contributed by atoms with E-state index >= 15 is 0 Å². The molecule has 0 aromatic carbocycles. The predicted molar refractivity (Wildman–Crippen MR) is 65.1 cm³/mol. The van der Waals surface area contributed by atoms with Crippen LogP contribution >= 0.6 is 11.3 Å². The van der Waals surface area contributed by atoms with Crippen LogP contribution in [0.15, 0.2) is 0 Å². The van der Waals surface area contributed by atoms with Gasteiger partial charge in [-0.3, -0.25) is 0 Å². The first-order valence-corrected chi connectivity index (χ1v) is 6.77. The summed E-state index contributed by atoms with van der Waals surface area (Å²) in [6, 6.07) is 0. The van der Waals surface area contributed by atoms with Crippen LogP contribution in [0.4, 0.5) is 0 Å². The smallest absolute Gasteiger partial charge is 0.0932 e. The Balaban J connectivity index is 2.04. The molecule has 0 atom stereocenters. The minimum Gasteiger partial charge on any atom is -0.396 e. The predicted octanol–water partition coefficient (Wildman–Crippen LogP) is 2.27. The Kier molecular flexibility index (Phi) is 4.32. The van der Waals surface area contributed by atoms with Crippen LogP contribution in [0.25, 0.3) is 0 Å². The number of rotatable bonds is 4. The molecule has 1 aliphatic heterocycles. The summed E-state index contributed by atoms with van der Waals surface area (Å²) in [5.41, 5.74) is 1.28. The van der Waals surface area contributed by atoms with E-state index in [4.69, 9.17) is 14.8 Å². The maximum absolute atomic E-state index is 8.81. The zero-order valence-electron chi connectivity index (χ0n) is 9.74. The normalized spacial score (nSPS) is 17.9. The van der Waals surface area contributed by atoms with Crippen LogP contribution in [0, 0.1) is 6.92 Å². The monoisotopic (exact) mass is 241 g/mol. The number of ether oxygens (including phenoxy) is 1. The van der Waals surface area contributed by atoms with Gasteiger partial charge in [-0.05, 0) is 26.2 Å². The van der Waals surface area contributed by atoms with E-state index in [1.165, 1.54) is 15.6 Å². The Labute approximate surface area is 100 Å². The molecule has 2 heterocycles. The summed E-state index contributed by atoms with van der Waals surface area (Å²) in [6.45, 7) is 4.15. The minimum atomic E-state index is 0.255. The van der Waals surface area contributed by atoms with Gasteiger partial charge in [0.05, 0.1) is 10.7 Å². The molecule has 1 fully saturated rings. The minimum absolute atomic E-state index is 0.255. The van der Waals surface area contributed by atoms with Crippen molar-refractivity contribution in [2.45, 2.75) is 38.5 Å². The van der Waals surface area contributed by atoms with E-state index in [9.17, 15) is 0 Å². The molecule has 4 heteroatoms. The van der Waals surface area contributed by atoms with Crippen molar-refractivity contribution in [3.63, 3.8) is 0 Å². The summed E-state index contributed by atoms with van der Waals surface area (Å²) in [6.07, 6.45) is 3.93. The fourth-order valence-electron chi connectivity index (χ4n) is 2.15. The van der Waals surface area contributed by atoms with Gasteiger partial charge in [0.25, 0.3) is 0 Å². The van der Waals surface area contributed by atoms with E-state index in [-0.39, 0.29) is 6.61 Å². The lowest BCUT2D eigenvalue weighted by molar-refractivity contribution is 0.0845. The van der Waals surface area contributed by atoms with Gasteiger partial charge >= 0.3 is 0 Å². The van der Waals surface area contributed by atoms with Gasteiger partial charge in [-0.15, -0.1) is 11.3 Å². The molecule has 0 radical (unpaired) electrons. The third kappa shape index (κ3) is 2.81. The maximum Gasteiger partial charge on any atom is 0.0932 e. The molecule has 90 valence electrons. The summed E-state index contributed by atoms with van der Waals surface area (Å²) in [5.74, 6) is 0.591. The average Bonchev–Trinajstić information content (AvgIpc) is 2.69. The van der Waals surface area contributed by atoms with Gasteiger partial charge in [0.2, 0.25) is 0 Å². The molecule has 0 unspecified atom stereocenters. The molecule has 0 amide bonds. The molecule has 1 aliphatic rings. The molecular weight excluding hydrogens is 222 g/mol. The lowest BCUT2D eigenvalue weighted by Crippen LogP contribution is -2.15. The van der Waals surface area contributed by atoms with Crippen LogP contribution in [-0.2, 0) is 11.2 Å². The Morgan fingerprint density at radius 2 is 2.19 bits per heavy atom. The van der Waals surface area contributed by atoms with Gasteiger partial charge in [0.15, 0.2) is 0 Å². The van der Waals surface area contributed by atoms with Crippen LogP contribution < -0.4 is 0 Å². The first-order valence-electron chi connectivity index (χ1n) is 5.96. The first kappa shape index (κ1) is 12.0. The van der Waals surface area contributed by atoms with Crippen molar-refractivity contribution < 1.29 is 9.84 Å². The number of hydrogen-bond acceptors (Lipinski definition) is 4. The number of nitrogens with zero attached hydrogens (tertiary/aromatic N) is 1. The van der Waals surface area contributed by atoms with Gasteiger partial charge in [-0.2, -0.15) is 0 Å². The SMILES string of the molecule is Cc1sc(CCCO)nc1C1CCOCC1. The van der Waals surface area contributed by atoms with E-state index in [0.29, 0.717) is 5.92 Å². The Bertz CT molecular complexity index is 332. The first-order chi connectivity index (χ1) is 7.81. The van der Waals surface area contributed by atoms with Gasteiger partial charge in [0.1, 0.15) is 0 Å². The zero-order valence-corrected chi connectivity index (χ0v) is 10.6. The van der Waals surface area contributed by atoms with Crippen molar-refractivity contribution in [1.82, 2.24) is 4.98 Å². The van der Waals surface area contributed by atoms with Crippen LogP contribution in [0.2, 0.25) is 0 Å². The largest absolute Gasteiger partial charge is 0.396 e. The highest BCUT2D eigenvalue weighted by atomic mass is 32.1. The molecule has 2 rings (SSSR count). The third-order valence-electron chi connectivity index (χ3n) is 3.03. The van der Waals surface area contributed by atoms with Crippen molar-refractivity contribution >= 4 is 11.3 Å². The standard InChI is InChI=1S/C12H19NO2S/c1-9-12(10-4-7-15-8-5-10)13-11(16-9)3-2-6-14/h10,14H,2-8H2,1H3. The van der Waals surface area contributed by atoms with Crippen LogP contribution in [-0.4, -0.2) is 29.9 Å². The van der Waals surface area contributed by atoms with E-state index in [2.05, 4.69) is 6.92 Å². The van der Waals surface area contributed by atoms with E-state index in [1.807, 2.05) is 0 Å². The summed E-state index contributed by atoms with van der Waals surface area (Å²) in [5, 5.41) is 9.99. The quantitative estimate of drug-likeness (QED) is 0.879. The summed E-state index contributed by atoms with van der Waals surface area (Å²) in [7, 11) is 0. The molecule has 1 aromatic rings. The highest BCUT2D eigenvalue weighted by Gasteiger charge is 2.21. The second kappa shape index (κ2) is 5.75. The lowest BCUT2D eigenvalue weighted by Gasteiger charge is -2.20. The van der Waals surface area contributed by atoms with Crippen molar-refractivity contribution in [1.29, 1.82) is 0 Å². The molecule has 0 aliphatic carbocycles. The van der Waals surface area contributed by atoms with Gasteiger partial charge in [0, 0.05) is 37.0 Å². The molecule has 1 aromatic heterocycles. The maximum atomic E-state index is 8.81. The molecule has 0 bridgehead atoms. The average molecular weight is 241 g/mol. The Hall–Kier alpha value is -0.450. The van der Waals surface area contributed by atoms with E-state index in [1.54, 1.807) is 11.3 Å². The highest BCUT2D eigenvalue weighted by Crippen LogP contribution is 2.31. The molecule has 0 spiro atoms. The molecule has 16 heavy (non-hydrogen) atoms.